The van der Waals surface area contributed by atoms with E-state index in [1.165, 1.54) is 18.2 Å². The van der Waals surface area contributed by atoms with Gasteiger partial charge in [-0.15, -0.1) is 0 Å². The highest BCUT2D eigenvalue weighted by atomic mass is 19.1. The van der Waals surface area contributed by atoms with E-state index in [1.54, 1.807) is 4.90 Å². The number of carbonyl (C=O) groups excluding carboxylic acids is 1. The molecule has 0 radical (unpaired) electrons. The van der Waals surface area contributed by atoms with Gasteiger partial charge in [0.25, 0.3) is 0 Å². The summed E-state index contributed by atoms with van der Waals surface area (Å²) in [6, 6.07) is 3.12. The van der Waals surface area contributed by atoms with Gasteiger partial charge in [-0.2, -0.15) is 0 Å². The number of nitrogen functional groups attached to an aromatic ring is 1. The van der Waals surface area contributed by atoms with Gasteiger partial charge < -0.3 is 16.6 Å². The normalized spacial score (nSPS) is 22.3. The largest absolute Gasteiger partial charge is 0.480 e. The van der Waals surface area contributed by atoms with Crippen molar-refractivity contribution < 1.29 is 19.1 Å². The van der Waals surface area contributed by atoms with E-state index in [4.69, 9.17) is 11.5 Å². The highest BCUT2D eigenvalue weighted by molar-refractivity contribution is 5.85. The molecule has 1 atom stereocenters. The minimum atomic E-state index is -1.05. The van der Waals surface area contributed by atoms with Crippen LogP contribution in [0.2, 0.25) is 0 Å². The number of amides is 1. The molecule has 2 heterocycles. The number of hydrogen-bond donors (Lipinski definition) is 3. The highest BCUT2D eigenvalue weighted by Gasteiger charge is 2.46. The van der Waals surface area contributed by atoms with Gasteiger partial charge in [0.1, 0.15) is 17.4 Å². The maximum Gasteiger partial charge on any atom is 0.325 e. The first-order valence-electron chi connectivity index (χ1n) is 9.42. The first-order valence-corrected chi connectivity index (χ1v) is 9.42. The fourth-order valence-corrected chi connectivity index (χ4v) is 4.42. The summed E-state index contributed by atoms with van der Waals surface area (Å²) in [5.41, 5.74) is 10.9. The molecule has 2 aliphatic rings. The molecule has 0 saturated carbocycles. The molecular formula is C19H27FN4O3. The lowest BCUT2D eigenvalue weighted by Crippen LogP contribution is -2.63. The number of hydrogen-bond acceptors (Lipinski definition) is 5. The van der Waals surface area contributed by atoms with Crippen molar-refractivity contribution in [2.24, 2.45) is 5.73 Å². The molecule has 0 aliphatic carbocycles. The molecule has 0 bridgehead atoms. The SMILES string of the molecule is NC(=O)C1(N2CCCCC2)CCN([C@@H](C(=O)O)c2ccc(N)c(F)c2)CC1. The number of benzene rings is 1. The summed E-state index contributed by atoms with van der Waals surface area (Å²) < 4.78 is 13.8. The van der Waals surface area contributed by atoms with Crippen LogP contribution < -0.4 is 11.5 Å². The number of primary amides is 1. The van der Waals surface area contributed by atoms with E-state index in [0.717, 1.165) is 32.4 Å². The van der Waals surface area contributed by atoms with Crippen LogP contribution in [0.5, 0.6) is 0 Å². The first-order chi connectivity index (χ1) is 12.8. The van der Waals surface area contributed by atoms with Gasteiger partial charge >= 0.3 is 5.97 Å². The molecular weight excluding hydrogens is 351 g/mol. The molecule has 0 unspecified atom stereocenters. The van der Waals surface area contributed by atoms with Gasteiger partial charge in [0.05, 0.1) is 5.69 Å². The zero-order valence-corrected chi connectivity index (χ0v) is 15.4. The number of anilines is 1. The average Bonchev–Trinajstić information content (AvgIpc) is 2.66. The predicted octanol–water partition coefficient (Wildman–Crippen LogP) is 1.34. The second kappa shape index (κ2) is 7.82. The summed E-state index contributed by atoms with van der Waals surface area (Å²) in [6.45, 7) is 2.49. The van der Waals surface area contributed by atoms with Crippen LogP contribution in [0.3, 0.4) is 0 Å². The highest BCUT2D eigenvalue weighted by Crippen LogP contribution is 2.35. The number of piperidine rings is 2. The van der Waals surface area contributed by atoms with Crippen LogP contribution in [-0.2, 0) is 9.59 Å². The number of carboxylic acid groups (broad SMARTS) is 1. The number of nitrogens with two attached hydrogens (primary N) is 2. The Morgan fingerprint density at radius 2 is 1.74 bits per heavy atom. The molecule has 2 fully saturated rings. The quantitative estimate of drug-likeness (QED) is 0.667. The first kappa shape index (κ1) is 19.6. The van der Waals surface area contributed by atoms with E-state index in [0.29, 0.717) is 31.5 Å². The van der Waals surface area contributed by atoms with Crippen molar-refractivity contribution in [1.29, 1.82) is 0 Å². The Balaban J connectivity index is 1.79. The maximum atomic E-state index is 13.8. The Morgan fingerprint density at radius 1 is 1.11 bits per heavy atom. The van der Waals surface area contributed by atoms with E-state index >= 15 is 0 Å². The molecule has 0 aromatic heterocycles. The lowest BCUT2D eigenvalue weighted by Gasteiger charge is -2.49. The number of carbonyl (C=O) groups is 2. The second-order valence-electron chi connectivity index (χ2n) is 7.50. The van der Waals surface area contributed by atoms with Crippen molar-refractivity contribution in [1.82, 2.24) is 9.80 Å². The second-order valence-corrected chi connectivity index (χ2v) is 7.50. The van der Waals surface area contributed by atoms with E-state index in [1.807, 2.05) is 0 Å². The van der Waals surface area contributed by atoms with Crippen LogP contribution in [0.4, 0.5) is 10.1 Å². The Labute approximate surface area is 158 Å². The van der Waals surface area contributed by atoms with Crippen molar-refractivity contribution in [2.45, 2.75) is 43.7 Å². The number of halogens is 1. The molecule has 3 rings (SSSR count). The maximum absolute atomic E-state index is 13.8. The molecule has 1 aromatic carbocycles. The summed E-state index contributed by atoms with van der Waals surface area (Å²) >= 11 is 0. The van der Waals surface area contributed by atoms with E-state index < -0.39 is 23.4 Å². The number of aliphatic carboxylic acids is 1. The molecule has 2 aliphatic heterocycles. The third-order valence-corrected chi connectivity index (χ3v) is 5.98. The zero-order valence-electron chi connectivity index (χ0n) is 15.4. The van der Waals surface area contributed by atoms with Gasteiger partial charge in [-0.05, 0) is 56.5 Å². The van der Waals surface area contributed by atoms with Crippen molar-refractivity contribution in [3.05, 3.63) is 29.6 Å². The molecule has 2 saturated heterocycles. The van der Waals surface area contributed by atoms with Crippen LogP contribution in [0.25, 0.3) is 0 Å². The van der Waals surface area contributed by atoms with Gasteiger partial charge in [0.2, 0.25) is 5.91 Å². The minimum absolute atomic E-state index is 0.0145. The van der Waals surface area contributed by atoms with Crippen LogP contribution in [0.1, 0.15) is 43.7 Å². The third kappa shape index (κ3) is 3.77. The summed E-state index contributed by atoms with van der Waals surface area (Å²) in [5.74, 6) is -2.02. The van der Waals surface area contributed by atoms with Gasteiger partial charge in [-0.3, -0.25) is 19.4 Å². The molecule has 0 spiro atoms. The average molecular weight is 378 g/mol. The lowest BCUT2D eigenvalue weighted by atomic mass is 9.82. The van der Waals surface area contributed by atoms with Gasteiger partial charge in [0, 0.05) is 13.1 Å². The van der Waals surface area contributed by atoms with Crippen LogP contribution in [-0.4, -0.2) is 58.5 Å². The van der Waals surface area contributed by atoms with Crippen molar-refractivity contribution >= 4 is 17.6 Å². The summed E-state index contributed by atoms with van der Waals surface area (Å²) in [5, 5.41) is 9.73. The van der Waals surface area contributed by atoms with E-state index in [9.17, 15) is 19.1 Å². The van der Waals surface area contributed by atoms with Crippen molar-refractivity contribution in [3.8, 4) is 0 Å². The molecule has 27 heavy (non-hydrogen) atoms. The molecule has 148 valence electrons. The zero-order chi connectivity index (χ0) is 19.6. The summed E-state index contributed by atoms with van der Waals surface area (Å²) in [7, 11) is 0. The Hall–Kier alpha value is -2.19. The standard InChI is InChI=1S/C19H27FN4O3/c20-14-12-13(4-5-15(14)21)16(17(25)26)23-10-6-19(7-11-23,18(22)27)24-8-2-1-3-9-24/h4-5,12,16H,1-3,6-11,21H2,(H2,22,27)(H,25,26)/t16-/m1/s1. The number of rotatable bonds is 5. The summed E-state index contributed by atoms with van der Waals surface area (Å²) in [6.07, 6.45) is 4.19. The Morgan fingerprint density at radius 3 is 2.26 bits per heavy atom. The van der Waals surface area contributed by atoms with E-state index in [-0.39, 0.29) is 11.6 Å². The predicted molar refractivity (Wildman–Crippen MR) is 99.3 cm³/mol. The van der Waals surface area contributed by atoms with Crippen LogP contribution in [0, 0.1) is 5.82 Å². The smallest absolute Gasteiger partial charge is 0.325 e. The molecule has 7 nitrogen and oxygen atoms in total. The van der Waals surface area contributed by atoms with Gasteiger partial charge in [-0.1, -0.05) is 12.5 Å². The topological polar surface area (TPSA) is 113 Å². The fraction of sp³-hybridized carbons (Fsp3) is 0.579. The lowest BCUT2D eigenvalue weighted by molar-refractivity contribution is -0.146. The number of likely N-dealkylation sites (tertiary alicyclic amines) is 2. The molecule has 1 aromatic rings. The molecule has 1 amide bonds. The molecule has 5 N–H and O–H groups in total. The number of nitrogens with zero attached hydrogens (tertiary/aromatic N) is 2. The van der Waals surface area contributed by atoms with Crippen LogP contribution in [0.15, 0.2) is 18.2 Å². The minimum Gasteiger partial charge on any atom is -0.480 e. The van der Waals surface area contributed by atoms with Crippen LogP contribution >= 0.6 is 0 Å². The van der Waals surface area contributed by atoms with Crippen molar-refractivity contribution in [2.75, 3.05) is 31.9 Å². The Bertz CT molecular complexity index is 713. The monoisotopic (exact) mass is 378 g/mol. The van der Waals surface area contributed by atoms with Gasteiger partial charge in [0.15, 0.2) is 0 Å². The number of carboxylic acids is 1. The van der Waals surface area contributed by atoms with Crippen molar-refractivity contribution in [3.63, 3.8) is 0 Å². The van der Waals surface area contributed by atoms with Gasteiger partial charge in [-0.25, -0.2) is 4.39 Å². The van der Waals surface area contributed by atoms with E-state index in [2.05, 4.69) is 4.90 Å². The third-order valence-electron chi connectivity index (χ3n) is 5.98. The Kier molecular flexibility index (Phi) is 5.67. The fourth-order valence-electron chi connectivity index (χ4n) is 4.42. The molecule has 8 heteroatoms. The summed E-state index contributed by atoms with van der Waals surface area (Å²) in [4.78, 5) is 28.2.